The van der Waals surface area contributed by atoms with Gasteiger partial charge in [-0.05, 0) is 13.3 Å². The van der Waals surface area contributed by atoms with Gasteiger partial charge in [0, 0.05) is 11.4 Å². The maximum atomic E-state index is 11.1. The normalized spacial score (nSPS) is 12.2. The Morgan fingerprint density at radius 1 is 1.73 bits per heavy atom. The molecule has 0 radical (unpaired) electrons. The molecular formula is C10H16N2O2S. The van der Waals surface area contributed by atoms with E-state index in [4.69, 9.17) is 0 Å². The smallest absolute Gasteiger partial charge is 0.357 e. The Morgan fingerprint density at radius 3 is 3.07 bits per heavy atom. The fourth-order valence-corrected chi connectivity index (χ4v) is 2.05. The van der Waals surface area contributed by atoms with Gasteiger partial charge in [0.15, 0.2) is 10.8 Å². The molecule has 1 aromatic rings. The van der Waals surface area contributed by atoms with E-state index >= 15 is 0 Å². The first-order chi connectivity index (χ1) is 7.17. The highest BCUT2D eigenvalue weighted by molar-refractivity contribution is 7.13. The highest BCUT2D eigenvalue weighted by Crippen LogP contribution is 2.17. The Bertz CT molecular complexity index is 325. The summed E-state index contributed by atoms with van der Waals surface area (Å²) in [4.78, 5) is 15.3. The van der Waals surface area contributed by atoms with Crippen molar-refractivity contribution in [3.63, 3.8) is 0 Å². The van der Waals surface area contributed by atoms with Crippen molar-refractivity contribution in [1.29, 1.82) is 0 Å². The Morgan fingerprint density at radius 2 is 2.47 bits per heavy atom. The van der Waals surface area contributed by atoms with Crippen LogP contribution in [0.25, 0.3) is 0 Å². The van der Waals surface area contributed by atoms with E-state index in [0.29, 0.717) is 11.7 Å². The second-order valence-corrected chi connectivity index (χ2v) is 4.22. The van der Waals surface area contributed by atoms with Crippen LogP contribution in [-0.2, 0) is 4.74 Å². The van der Waals surface area contributed by atoms with Crippen LogP contribution in [0.4, 0.5) is 5.13 Å². The van der Waals surface area contributed by atoms with Crippen LogP contribution in [0.5, 0.6) is 0 Å². The Hall–Kier alpha value is -1.10. The molecule has 0 bridgehead atoms. The minimum atomic E-state index is -0.387. The average molecular weight is 228 g/mol. The first kappa shape index (κ1) is 12.0. The summed E-state index contributed by atoms with van der Waals surface area (Å²) in [5, 5.41) is 5.72. The molecule has 0 amide bonds. The molecule has 0 aliphatic heterocycles. The summed E-state index contributed by atoms with van der Waals surface area (Å²) in [6.07, 6.45) is 2.22. The Kier molecular flexibility index (Phi) is 4.55. The van der Waals surface area contributed by atoms with E-state index in [9.17, 15) is 4.79 Å². The standard InChI is InChI=1S/C10H16N2O2S/c1-4-5-7(2)11-10-12-8(6-15-10)9(13)14-3/h6-7H,4-5H2,1-3H3,(H,11,12). The maximum Gasteiger partial charge on any atom is 0.357 e. The van der Waals surface area contributed by atoms with Gasteiger partial charge in [-0.15, -0.1) is 11.3 Å². The van der Waals surface area contributed by atoms with Crippen molar-refractivity contribution < 1.29 is 9.53 Å². The van der Waals surface area contributed by atoms with Crippen molar-refractivity contribution >= 4 is 22.4 Å². The van der Waals surface area contributed by atoms with E-state index in [2.05, 4.69) is 28.9 Å². The summed E-state index contributed by atoms with van der Waals surface area (Å²) >= 11 is 1.42. The van der Waals surface area contributed by atoms with Crippen LogP contribution in [-0.4, -0.2) is 24.1 Å². The van der Waals surface area contributed by atoms with Crippen molar-refractivity contribution in [2.24, 2.45) is 0 Å². The number of anilines is 1. The number of hydrogen-bond donors (Lipinski definition) is 1. The summed E-state index contributed by atoms with van der Waals surface area (Å²) in [5.74, 6) is -0.387. The lowest BCUT2D eigenvalue weighted by molar-refractivity contribution is 0.0595. The largest absolute Gasteiger partial charge is 0.464 e. The molecule has 0 fully saturated rings. The van der Waals surface area contributed by atoms with Crippen LogP contribution in [0.2, 0.25) is 0 Å². The molecule has 0 aliphatic rings. The summed E-state index contributed by atoms with van der Waals surface area (Å²) < 4.78 is 4.58. The monoisotopic (exact) mass is 228 g/mol. The molecule has 1 aromatic heterocycles. The number of nitrogens with one attached hydrogen (secondary N) is 1. The second kappa shape index (κ2) is 5.70. The van der Waals surface area contributed by atoms with E-state index in [1.54, 1.807) is 5.38 Å². The van der Waals surface area contributed by atoms with Crippen molar-refractivity contribution in [1.82, 2.24) is 4.98 Å². The maximum absolute atomic E-state index is 11.1. The first-order valence-corrected chi connectivity index (χ1v) is 5.85. The number of carbonyl (C=O) groups excluding carboxylic acids is 1. The third-order valence-corrected chi connectivity index (χ3v) is 2.76. The van der Waals surface area contributed by atoms with E-state index in [-0.39, 0.29) is 5.97 Å². The van der Waals surface area contributed by atoms with Gasteiger partial charge in [-0.2, -0.15) is 0 Å². The van der Waals surface area contributed by atoms with Crippen molar-refractivity contribution in [3.8, 4) is 0 Å². The molecule has 0 saturated heterocycles. The number of aromatic nitrogens is 1. The van der Waals surface area contributed by atoms with Gasteiger partial charge >= 0.3 is 5.97 Å². The number of esters is 1. The quantitative estimate of drug-likeness (QED) is 0.787. The lowest BCUT2D eigenvalue weighted by atomic mass is 10.2. The van der Waals surface area contributed by atoms with Gasteiger partial charge in [-0.25, -0.2) is 9.78 Å². The molecule has 1 rings (SSSR count). The SMILES string of the molecule is CCCC(C)Nc1nc(C(=O)OC)cs1. The number of thiazole rings is 1. The van der Waals surface area contributed by atoms with Gasteiger partial charge in [-0.3, -0.25) is 0 Å². The van der Waals surface area contributed by atoms with Crippen LogP contribution in [0, 0.1) is 0 Å². The first-order valence-electron chi connectivity index (χ1n) is 4.97. The lowest BCUT2D eigenvalue weighted by Crippen LogP contribution is -2.14. The van der Waals surface area contributed by atoms with Crippen molar-refractivity contribution in [3.05, 3.63) is 11.1 Å². The average Bonchev–Trinajstić information content (AvgIpc) is 2.65. The van der Waals surface area contributed by atoms with Crippen LogP contribution < -0.4 is 5.32 Å². The van der Waals surface area contributed by atoms with Gasteiger partial charge in [0.1, 0.15) is 0 Å². The summed E-state index contributed by atoms with van der Waals surface area (Å²) in [5.41, 5.74) is 0.369. The molecule has 0 aliphatic carbocycles. The fourth-order valence-electron chi connectivity index (χ4n) is 1.25. The number of rotatable bonds is 5. The van der Waals surface area contributed by atoms with Gasteiger partial charge < -0.3 is 10.1 Å². The Labute approximate surface area is 93.7 Å². The molecule has 0 spiro atoms. The molecule has 1 atom stereocenters. The van der Waals surface area contributed by atoms with Crippen LogP contribution in [0.15, 0.2) is 5.38 Å². The van der Waals surface area contributed by atoms with E-state index < -0.39 is 0 Å². The predicted molar refractivity (Wildman–Crippen MR) is 61.4 cm³/mol. The summed E-state index contributed by atoms with van der Waals surface area (Å²) in [7, 11) is 1.36. The third-order valence-electron chi connectivity index (χ3n) is 1.99. The molecule has 84 valence electrons. The molecule has 1 unspecified atom stereocenters. The Balaban J connectivity index is 2.56. The molecule has 1 N–H and O–H groups in total. The third kappa shape index (κ3) is 3.51. The highest BCUT2D eigenvalue weighted by atomic mass is 32.1. The molecule has 15 heavy (non-hydrogen) atoms. The van der Waals surface area contributed by atoms with Crippen molar-refractivity contribution in [2.75, 3.05) is 12.4 Å². The zero-order chi connectivity index (χ0) is 11.3. The second-order valence-electron chi connectivity index (χ2n) is 3.36. The van der Waals surface area contributed by atoms with Gasteiger partial charge in [0.05, 0.1) is 7.11 Å². The number of nitrogens with zero attached hydrogens (tertiary/aromatic N) is 1. The molecule has 0 saturated carbocycles. The lowest BCUT2D eigenvalue weighted by Gasteiger charge is -2.10. The minimum absolute atomic E-state index is 0.369. The van der Waals surface area contributed by atoms with Crippen molar-refractivity contribution in [2.45, 2.75) is 32.7 Å². The fraction of sp³-hybridized carbons (Fsp3) is 0.600. The van der Waals surface area contributed by atoms with Gasteiger partial charge in [-0.1, -0.05) is 13.3 Å². The zero-order valence-corrected chi connectivity index (χ0v) is 10.1. The number of carbonyl (C=O) groups is 1. The summed E-state index contributed by atoms with van der Waals surface area (Å²) in [6, 6.07) is 0.381. The highest BCUT2D eigenvalue weighted by Gasteiger charge is 2.11. The van der Waals surface area contributed by atoms with E-state index in [0.717, 1.165) is 18.0 Å². The number of hydrogen-bond acceptors (Lipinski definition) is 5. The molecule has 1 heterocycles. The van der Waals surface area contributed by atoms with Gasteiger partial charge in [0.2, 0.25) is 0 Å². The summed E-state index contributed by atoms with van der Waals surface area (Å²) in [6.45, 7) is 4.24. The molecule has 0 aromatic carbocycles. The molecule has 4 nitrogen and oxygen atoms in total. The van der Waals surface area contributed by atoms with Crippen LogP contribution in [0.1, 0.15) is 37.2 Å². The molecule has 5 heteroatoms. The van der Waals surface area contributed by atoms with Crippen LogP contribution >= 0.6 is 11.3 Å². The van der Waals surface area contributed by atoms with E-state index in [1.807, 2.05) is 0 Å². The topological polar surface area (TPSA) is 51.2 Å². The minimum Gasteiger partial charge on any atom is -0.464 e. The zero-order valence-electron chi connectivity index (χ0n) is 9.24. The number of methoxy groups -OCH3 is 1. The van der Waals surface area contributed by atoms with Crippen LogP contribution in [0.3, 0.4) is 0 Å². The number of ether oxygens (including phenoxy) is 1. The van der Waals surface area contributed by atoms with Gasteiger partial charge in [0.25, 0.3) is 0 Å². The molecular weight excluding hydrogens is 212 g/mol. The predicted octanol–water partition coefficient (Wildman–Crippen LogP) is 2.53. The van der Waals surface area contributed by atoms with E-state index in [1.165, 1.54) is 18.4 Å².